The highest BCUT2D eigenvalue weighted by molar-refractivity contribution is 7.17. The summed E-state index contributed by atoms with van der Waals surface area (Å²) in [5, 5.41) is 7.66. The van der Waals surface area contributed by atoms with E-state index in [2.05, 4.69) is 25.6 Å². The molecule has 27 heavy (non-hydrogen) atoms. The summed E-state index contributed by atoms with van der Waals surface area (Å²) in [5.74, 6) is -0.425. The normalized spacial score (nSPS) is 11.4. The van der Waals surface area contributed by atoms with Gasteiger partial charge in [-0.05, 0) is 30.0 Å². The Morgan fingerprint density at radius 2 is 2.11 bits per heavy atom. The summed E-state index contributed by atoms with van der Waals surface area (Å²) < 4.78 is 14.0. The number of amides is 1. The maximum atomic E-state index is 13.3. The molecule has 0 spiro atoms. The van der Waals surface area contributed by atoms with Gasteiger partial charge in [-0.15, -0.1) is 11.3 Å². The van der Waals surface area contributed by atoms with Gasteiger partial charge in [-0.3, -0.25) is 9.78 Å². The lowest BCUT2D eigenvalue weighted by Crippen LogP contribution is -2.30. The quantitative estimate of drug-likeness (QED) is 0.597. The smallest absolute Gasteiger partial charge is 0.271 e. The van der Waals surface area contributed by atoms with E-state index in [1.165, 1.54) is 17.4 Å². The van der Waals surface area contributed by atoms with E-state index in [-0.39, 0.29) is 11.9 Å². The third-order valence-electron chi connectivity index (χ3n) is 3.52. The number of hydrogen-bond donors (Lipinski definition) is 3. The molecular formula is C18H23FN6OS. The average Bonchev–Trinajstić information content (AvgIpc) is 3.15. The second-order valence-corrected chi connectivity index (χ2v) is 6.29. The Morgan fingerprint density at radius 3 is 2.81 bits per heavy atom. The lowest BCUT2D eigenvalue weighted by Gasteiger charge is -2.15. The van der Waals surface area contributed by atoms with E-state index in [4.69, 9.17) is 5.73 Å². The van der Waals surface area contributed by atoms with E-state index in [0.717, 1.165) is 6.20 Å². The van der Waals surface area contributed by atoms with Crippen LogP contribution in [0, 0.1) is 5.82 Å². The van der Waals surface area contributed by atoms with E-state index in [1.54, 1.807) is 6.20 Å². The second kappa shape index (κ2) is 9.89. The van der Waals surface area contributed by atoms with Crippen molar-refractivity contribution >= 4 is 33.4 Å². The molecule has 3 aromatic rings. The molecule has 0 aliphatic carbocycles. The first kappa shape index (κ1) is 20.7. The van der Waals surface area contributed by atoms with E-state index in [1.807, 2.05) is 32.2 Å². The van der Waals surface area contributed by atoms with Gasteiger partial charge in [-0.25, -0.2) is 14.4 Å². The molecule has 0 aliphatic rings. The van der Waals surface area contributed by atoms with Crippen LogP contribution in [0.5, 0.6) is 0 Å². The van der Waals surface area contributed by atoms with Crippen LogP contribution in [0.3, 0.4) is 0 Å². The van der Waals surface area contributed by atoms with Gasteiger partial charge in [0.15, 0.2) is 5.69 Å². The van der Waals surface area contributed by atoms with Crippen molar-refractivity contribution in [2.75, 3.05) is 18.4 Å². The molecule has 0 saturated carbocycles. The molecule has 1 unspecified atom stereocenters. The van der Waals surface area contributed by atoms with Gasteiger partial charge < -0.3 is 16.4 Å². The van der Waals surface area contributed by atoms with E-state index in [9.17, 15) is 9.18 Å². The molecule has 3 aromatic heterocycles. The minimum absolute atomic E-state index is 0.278. The first-order valence-corrected chi connectivity index (χ1v) is 9.57. The molecule has 0 saturated heterocycles. The minimum atomic E-state index is -0.415. The molecule has 4 N–H and O–H groups in total. The van der Waals surface area contributed by atoms with Crippen molar-refractivity contribution < 1.29 is 9.18 Å². The third kappa shape index (κ3) is 5.18. The highest BCUT2D eigenvalue weighted by Crippen LogP contribution is 2.25. The summed E-state index contributed by atoms with van der Waals surface area (Å²) in [6, 6.07) is 2.93. The Kier molecular flexibility index (Phi) is 7.56. The average molecular weight is 390 g/mol. The number of aromatic nitrogens is 3. The summed E-state index contributed by atoms with van der Waals surface area (Å²) in [4.78, 5) is 24.9. The van der Waals surface area contributed by atoms with Crippen LogP contribution in [0.25, 0.3) is 10.2 Å². The van der Waals surface area contributed by atoms with Crippen LogP contribution in [-0.2, 0) is 0 Å². The molecule has 0 fully saturated rings. The van der Waals surface area contributed by atoms with E-state index in [0.29, 0.717) is 40.5 Å². The molecular weight excluding hydrogens is 367 g/mol. The fourth-order valence-corrected chi connectivity index (χ4v) is 3.11. The van der Waals surface area contributed by atoms with Crippen molar-refractivity contribution in [3.63, 3.8) is 0 Å². The van der Waals surface area contributed by atoms with Crippen molar-refractivity contribution in [3.8, 4) is 0 Å². The number of halogens is 1. The minimum Gasteiger partial charge on any atom is -0.349 e. The molecule has 1 amide bonds. The molecule has 0 bridgehead atoms. The zero-order valence-electron chi connectivity index (χ0n) is 15.5. The lowest BCUT2D eigenvalue weighted by atomic mass is 10.1. The number of thiophene rings is 1. The number of anilines is 1. The molecule has 3 heterocycles. The van der Waals surface area contributed by atoms with Crippen molar-refractivity contribution in [1.82, 2.24) is 20.3 Å². The first-order chi connectivity index (χ1) is 13.1. The Bertz CT molecular complexity index is 900. The molecule has 144 valence electrons. The van der Waals surface area contributed by atoms with Gasteiger partial charge in [-0.2, -0.15) is 0 Å². The van der Waals surface area contributed by atoms with Crippen molar-refractivity contribution in [2.45, 2.75) is 26.8 Å². The number of rotatable bonds is 6. The monoisotopic (exact) mass is 390 g/mol. The maximum absolute atomic E-state index is 13.3. The number of nitrogens with one attached hydrogen (secondary N) is 2. The number of carbonyl (C=O) groups excluding carboxylic acids is 1. The highest BCUT2D eigenvalue weighted by atomic mass is 32.1. The van der Waals surface area contributed by atoms with Crippen LogP contribution in [0.4, 0.5) is 10.3 Å². The van der Waals surface area contributed by atoms with E-state index < -0.39 is 5.82 Å². The number of carbonyl (C=O) groups is 1. The van der Waals surface area contributed by atoms with Gasteiger partial charge in [0.25, 0.3) is 5.91 Å². The van der Waals surface area contributed by atoms with Crippen LogP contribution in [-0.4, -0.2) is 33.9 Å². The molecule has 7 nitrogen and oxygen atoms in total. The van der Waals surface area contributed by atoms with Gasteiger partial charge in [0.05, 0.1) is 22.5 Å². The number of pyridine rings is 1. The van der Waals surface area contributed by atoms with Gasteiger partial charge >= 0.3 is 0 Å². The lowest BCUT2D eigenvalue weighted by molar-refractivity contribution is 0.0952. The number of hydrogen-bond acceptors (Lipinski definition) is 7. The molecule has 0 aliphatic heterocycles. The maximum Gasteiger partial charge on any atom is 0.271 e. The number of nitrogens with two attached hydrogens (primary N) is 1. The zero-order chi connectivity index (χ0) is 19.8. The van der Waals surface area contributed by atoms with Gasteiger partial charge in [0.2, 0.25) is 5.95 Å². The molecule has 9 heteroatoms. The van der Waals surface area contributed by atoms with Crippen LogP contribution in [0.1, 0.15) is 42.9 Å². The fraction of sp³-hybridized carbons (Fsp3) is 0.333. The predicted octanol–water partition coefficient (Wildman–Crippen LogP) is 3.11. The topological polar surface area (TPSA) is 106 Å². The highest BCUT2D eigenvalue weighted by Gasteiger charge is 2.17. The first-order valence-electron chi connectivity index (χ1n) is 8.69. The van der Waals surface area contributed by atoms with Crippen LogP contribution in [0.2, 0.25) is 0 Å². The van der Waals surface area contributed by atoms with Crippen molar-refractivity contribution in [2.24, 2.45) is 5.73 Å². The summed E-state index contributed by atoms with van der Waals surface area (Å²) in [6.07, 6.45) is 2.71. The fourth-order valence-electron chi connectivity index (χ4n) is 2.29. The van der Waals surface area contributed by atoms with Crippen LogP contribution in [0.15, 0.2) is 29.9 Å². The van der Waals surface area contributed by atoms with Crippen LogP contribution < -0.4 is 16.4 Å². The van der Waals surface area contributed by atoms with Crippen molar-refractivity contribution in [1.29, 1.82) is 0 Å². The summed E-state index contributed by atoms with van der Waals surface area (Å²) in [6.45, 7) is 6.55. The number of fused-ring (bicyclic) bond motifs is 1. The summed E-state index contributed by atoms with van der Waals surface area (Å²) in [5.41, 5.74) is 7.05. The Balaban J connectivity index is 0.00000126. The van der Waals surface area contributed by atoms with Crippen molar-refractivity contribution in [3.05, 3.63) is 47.0 Å². The molecule has 1 atom stereocenters. The molecule has 0 radical (unpaired) electrons. The second-order valence-electron chi connectivity index (χ2n) is 5.38. The SMILES string of the molecule is CC.CC(Nc1nc(C(=O)NCCN)c2sccc2n1)c1cncc(F)c1. The van der Waals surface area contributed by atoms with Gasteiger partial charge in [0.1, 0.15) is 5.82 Å². The molecule has 3 rings (SSSR count). The van der Waals surface area contributed by atoms with Gasteiger partial charge in [-0.1, -0.05) is 13.8 Å². The van der Waals surface area contributed by atoms with E-state index >= 15 is 0 Å². The Labute approximate surface area is 161 Å². The largest absolute Gasteiger partial charge is 0.349 e. The Morgan fingerprint density at radius 1 is 1.33 bits per heavy atom. The summed E-state index contributed by atoms with van der Waals surface area (Å²) in [7, 11) is 0. The third-order valence-corrected chi connectivity index (χ3v) is 4.43. The van der Waals surface area contributed by atoms with Crippen LogP contribution >= 0.6 is 11.3 Å². The van der Waals surface area contributed by atoms with Gasteiger partial charge in [0, 0.05) is 19.3 Å². The summed E-state index contributed by atoms with van der Waals surface area (Å²) >= 11 is 1.40. The zero-order valence-corrected chi connectivity index (χ0v) is 16.3. The predicted molar refractivity (Wildman–Crippen MR) is 106 cm³/mol. The molecule has 0 aromatic carbocycles. The number of nitrogens with zero attached hydrogens (tertiary/aromatic N) is 3. The standard InChI is InChI=1S/C16H17FN6OS.C2H6/c1-9(10-6-11(17)8-19-7-10)21-16-22-12-2-5-25-14(12)13(23-16)15(24)20-4-3-18;1-2/h2,5-9H,3-4,18H2,1H3,(H,20,24)(H,21,22,23);1-2H3. The Hall–Kier alpha value is -2.65.